The molecule has 0 radical (unpaired) electrons. The lowest BCUT2D eigenvalue weighted by Crippen LogP contribution is -2.32. The number of oxazole rings is 1. The molecular weight excluding hydrogens is 446 g/mol. The lowest BCUT2D eigenvalue weighted by Gasteiger charge is -2.07. The minimum Gasteiger partial charge on any atom is -0.495 e. The van der Waals surface area contributed by atoms with Crippen molar-refractivity contribution in [1.29, 1.82) is 0 Å². The van der Waals surface area contributed by atoms with E-state index in [1.165, 1.54) is 6.08 Å². The number of nitrogens with one attached hydrogen (secondary N) is 2. The van der Waals surface area contributed by atoms with Crippen LogP contribution in [0.5, 0.6) is 5.75 Å². The van der Waals surface area contributed by atoms with Crippen LogP contribution in [0.15, 0.2) is 77.2 Å². The number of carbonyl (C=O) groups excluding carboxylic acids is 1. The summed E-state index contributed by atoms with van der Waals surface area (Å²) in [5, 5.41) is 6.25. The van der Waals surface area contributed by atoms with Gasteiger partial charge in [-0.25, -0.2) is 4.98 Å². The number of methoxy groups -OCH3 is 1. The Morgan fingerprint density at radius 3 is 2.69 bits per heavy atom. The van der Waals surface area contributed by atoms with Crippen molar-refractivity contribution in [2.75, 3.05) is 12.4 Å². The molecule has 1 aromatic heterocycles. The summed E-state index contributed by atoms with van der Waals surface area (Å²) in [5.41, 5.74) is 3.57. The van der Waals surface area contributed by atoms with E-state index in [1.54, 1.807) is 43.5 Å². The van der Waals surface area contributed by atoms with Gasteiger partial charge in [-0.05, 0) is 60.3 Å². The normalized spacial score (nSPS) is 10.9. The fraction of sp³-hybridized carbons (Fsp3) is 0.0417. The fourth-order valence-corrected chi connectivity index (χ4v) is 3.46. The summed E-state index contributed by atoms with van der Waals surface area (Å²) in [6, 6.07) is 20.2. The first-order valence-corrected chi connectivity index (χ1v) is 10.4. The van der Waals surface area contributed by atoms with Gasteiger partial charge in [0, 0.05) is 17.3 Å². The maximum absolute atomic E-state index is 12.1. The molecule has 0 saturated carbocycles. The number of anilines is 1. The largest absolute Gasteiger partial charge is 0.495 e. The van der Waals surface area contributed by atoms with Gasteiger partial charge < -0.3 is 14.5 Å². The van der Waals surface area contributed by atoms with E-state index in [0.29, 0.717) is 33.4 Å². The molecule has 32 heavy (non-hydrogen) atoms. The summed E-state index contributed by atoms with van der Waals surface area (Å²) < 4.78 is 11.0. The number of hydrogen-bond acceptors (Lipinski definition) is 5. The smallest absolute Gasteiger partial charge is 0.250 e. The van der Waals surface area contributed by atoms with Gasteiger partial charge in [-0.1, -0.05) is 41.9 Å². The van der Waals surface area contributed by atoms with Gasteiger partial charge in [-0.15, -0.1) is 0 Å². The molecule has 0 bridgehead atoms. The van der Waals surface area contributed by atoms with Crippen LogP contribution in [0.25, 0.3) is 28.6 Å². The predicted molar refractivity (Wildman–Crippen MR) is 131 cm³/mol. The van der Waals surface area contributed by atoms with Crippen LogP contribution in [0, 0.1) is 0 Å². The Morgan fingerprint density at radius 2 is 1.94 bits per heavy atom. The molecule has 6 nitrogen and oxygen atoms in total. The van der Waals surface area contributed by atoms with Gasteiger partial charge in [0.05, 0.1) is 12.1 Å². The maximum Gasteiger partial charge on any atom is 0.250 e. The van der Waals surface area contributed by atoms with Crippen molar-refractivity contribution in [3.8, 4) is 17.2 Å². The van der Waals surface area contributed by atoms with Crippen molar-refractivity contribution in [3.05, 3.63) is 83.4 Å². The predicted octanol–water partition coefficient (Wildman–Crippen LogP) is 5.68. The zero-order valence-electron chi connectivity index (χ0n) is 17.0. The average Bonchev–Trinajstić information content (AvgIpc) is 3.22. The Hall–Kier alpha value is -3.68. The van der Waals surface area contributed by atoms with Gasteiger partial charge in [0.15, 0.2) is 10.7 Å². The lowest BCUT2D eigenvalue weighted by molar-refractivity contribution is -0.115. The molecule has 0 aliphatic rings. The molecule has 3 aromatic carbocycles. The van der Waals surface area contributed by atoms with Gasteiger partial charge in [-0.2, -0.15) is 0 Å². The lowest BCUT2D eigenvalue weighted by atomic mass is 10.2. The number of halogens is 1. The topological polar surface area (TPSA) is 76.4 Å². The van der Waals surface area contributed by atoms with Crippen molar-refractivity contribution in [2.24, 2.45) is 0 Å². The first-order valence-electron chi connectivity index (χ1n) is 9.61. The van der Waals surface area contributed by atoms with E-state index in [1.807, 2.05) is 36.4 Å². The van der Waals surface area contributed by atoms with Crippen molar-refractivity contribution >= 4 is 57.7 Å². The number of benzene rings is 3. The second kappa shape index (κ2) is 9.64. The van der Waals surface area contributed by atoms with Crippen LogP contribution in [-0.4, -0.2) is 23.1 Å². The summed E-state index contributed by atoms with van der Waals surface area (Å²) in [7, 11) is 1.56. The van der Waals surface area contributed by atoms with Gasteiger partial charge in [0.2, 0.25) is 11.8 Å². The molecule has 1 amide bonds. The highest BCUT2D eigenvalue weighted by Crippen LogP contribution is 2.32. The van der Waals surface area contributed by atoms with Crippen molar-refractivity contribution in [2.45, 2.75) is 0 Å². The number of hydrogen-bond donors (Lipinski definition) is 2. The molecule has 8 heteroatoms. The summed E-state index contributed by atoms with van der Waals surface area (Å²) in [6.07, 6.45) is 3.14. The molecule has 2 N–H and O–H groups in total. The summed E-state index contributed by atoms with van der Waals surface area (Å²) in [4.78, 5) is 16.6. The standard InChI is InChI=1S/C24H18ClN3O3S/c1-30-20-10-8-16(13-18(20)25)23-27-19-14-17(9-11-21(19)31-23)26-24(32)28-22(29)12-7-15-5-3-2-4-6-15/h2-14H,1H3,(H2,26,28,29,32)/b12-7+. The Morgan fingerprint density at radius 1 is 1.12 bits per heavy atom. The van der Waals surface area contributed by atoms with Crippen LogP contribution in [0.1, 0.15) is 5.56 Å². The minimum atomic E-state index is -0.326. The number of aromatic nitrogens is 1. The molecule has 0 spiro atoms. The quantitative estimate of drug-likeness (QED) is 0.293. The van der Waals surface area contributed by atoms with E-state index in [2.05, 4.69) is 15.6 Å². The molecular formula is C24H18ClN3O3S. The van der Waals surface area contributed by atoms with Gasteiger partial charge >= 0.3 is 0 Å². The monoisotopic (exact) mass is 463 g/mol. The third-order valence-electron chi connectivity index (χ3n) is 4.51. The van der Waals surface area contributed by atoms with Crippen LogP contribution in [0.2, 0.25) is 5.02 Å². The Kier molecular flexibility index (Phi) is 6.49. The van der Waals surface area contributed by atoms with E-state index in [9.17, 15) is 4.79 Å². The maximum atomic E-state index is 12.1. The molecule has 160 valence electrons. The first-order chi connectivity index (χ1) is 15.5. The SMILES string of the molecule is COc1ccc(-c2nc3cc(NC(=S)NC(=O)/C=C/c4ccccc4)ccc3o2)cc1Cl. The number of rotatable bonds is 5. The van der Waals surface area contributed by atoms with E-state index in [0.717, 1.165) is 11.1 Å². The molecule has 0 aliphatic carbocycles. The minimum absolute atomic E-state index is 0.178. The molecule has 0 atom stereocenters. The van der Waals surface area contributed by atoms with Crippen LogP contribution < -0.4 is 15.4 Å². The molecule has 1 heterocycles. The van der Waals surface area contributed by atoms with Crippen LogP contribution in [0.4, 0.5) is 5.69 Å². The number of fused-ring (bicyclic) bond motifs is 1. The van der Waals surface area contributed by atoms with Gasteiger partial charge in [0.1, 0.15) is 11.3 Å². The summed E-state index contributed by atoms with van der Waals surface area (Å²) in [6.45, 7) is 0. The molecule has 0 aliphatic heterocycles. The molecule has 4 aromatic rings. The number of thiocarbonyl (C=S) groups is 1. The second-order valence-electron chi connectivity index (χ2n) is 6.74. The summed E-state index contributed by atoms with van der Waals surface area (Å²) in [5.74, 6) is 0.684. The zero-order chi connectivity index (χ0) is 22.5. The van der Waals surface area contributed by atoms with Crippen LogP contribution >= 0.6 is 23.8 Å². The van der Waals surface area contributed by atoms with Crippen molar-refractivity contribution in [3.63, 3.8) is 0 Å². The van der Waals surface area contributed by atoms with E-state index >= 15 is 0 Å². The second-order valence-corrected chi connectivity index (χ2v) is 7.55. The molecule has 0 unspecified atom stereocenters. The molecule has 4 rings (SSSR count). The average molecular weight is 464 g/mol. The molecule has 0 fully saturated rings. The highest BCUT2D eigenvalue weighted by molar-refractivity contribution is 7.80. The van der Waals surface area contributed by atoms with E-state index in [4.69, 9.17) is 33.0 Å². The Labute approximate surface area is 194 Å². The highest BCUT2D eigenvalue weighted by Gasteiger charge is 2.12. The van der Waals surface area contributed by atoms with Crippen molar-refractivity contribution < 1.29 is 13.9 Å². The molecule has 0 saturated heterocycles. The van der Waals surface area contributed by atoms with E-state index in [-0.39, 0.29) is 11.0 Å². The number of nitrogens with zero attached hydrogens (tertiary/aromatic N) is 1. The third kappa shape index (κ3) is 5.14. The highest BCUT2D eigenvalue weighted by atomic mass is 35.5. The van der Waals surface area contributed by atoms with Gasteiger partial charge in [0.25, 0.3) is 0 Å². The number of carbonyl (C=O) groups is 1. The Balaban J connectivity index is 1.43. The zero-order valence-corrected chi connectivity index (χ0v) is 18.5. The Bertz CT molecular complexity index is 1320. The third-order valence-corrected chi connectivity index (χ3v) is 5.01. The number of ether oxygens (including phenoxy) is 1. The van der Waals surface area contributed by atoms with Gasteiger partial charge in [-0.3, -0.25) is 10.1 Å². The summed E-state index contributed by atoms with van der Waals surface area (Å²) >= 11 is 11.4. The van der Waals surface area contributed by atoms with Crippen molar-refractivity contribution in [1.82, 2.24) is 10.3 Å². The van der Waals surface area contributed by atoms with Crippen LogP contribution in [0.3, 0.4) is 0 Å². The van der Waals surface area contributed by atoms with E-state index < -0.39 is 0 Å². The number of amides is 1. The first kappa shape index (κ1) is 21.5. The van der Waals surface area contributed by atoms with Crippen LogP contribution in [-0.2, 0) is 4.79 Å². The fourth-order valence-electron chi connectivity index (χ4n) is 2.98.